The minimum atomic E-state index is -0.794. The van der Waals surface area contributed by atoms with Gasteiger partial charge in [-0.1, -0.05) is 107 Å². The lowest BCUT2D eigenvalue weighted by Crippen LogP contribution is -2.29. The zero-order valence-electron chi connectivity index (χ0n) is 22.7. The minimum absolute atomic E-state index is 0.0138. The Morgan fingerprint density at radius 3 is 2.03 bits per heavy atom. The Kier molecular flexibility index (Phi) is 9.80. The summed E-state index contributed by atoms with van der Waals surface area (Å²) in [4.78, 5) is 0. The Labute approximate surface area is 213 Å². The summed E-state index contributed by atoms with van der Waals surface area (Å²) in [5.74, 6) is 0.356. The van der Waals surface area contributed by atoms with Crippen molar-refractivity contribution in [3.63, 3.8) is 0 Å². The van der Waals surface area contributed by atoms with Crippen molar-refractivity contribution in [3.05, 3.63) is 81.9 Å². The molecule has 0 amide bonds. The number of phenolic OH excluding ortho intramolecular Hbond substituents is 1. The Bertz CT molecular complexity index is 1010. The second kappa shape index (κ2) is 12.6. The predicted molar refractivity (Wildman–Crippen MR) is 150 cm³/mol. The van der Waals surface area contributed by atoms with Gasteiger partial charge in [-0.3, -0.25) is 0 Å². The molecular weight excluding hydrogens is 428 g/mol. The maximum Gasteiger partial charge on any atom is 0.119 e. The van der Waals surface area contributed by atoms with Crippen LogP contribution < -0.4 is 0 Å². The number of rotatable bonds is 3. The van der Waals surface area contributed by atoms with Crippen LogP contribution in [0.3, 0.4) is 0 Å². The molecule has 5 rings (SSSR count). The molecule has 2 heteroatoms. The lowest BCUT2D eigenvalue weighted by molar-refractivity contribution is 0.0835. The summed E-state index contributed by atoms with van der Waals surface area (Å²) in [5.41, 5.74) is 7.18. The topological polar surface area (TPSA) is 40.5 Å². The average Bonchev–Trinajstić information content (AvgIpc) is 3.28. The Morgan fingerprint density at radius 2 is 1.49 bits per heavy atom. The fraction of sp³-hybridized carbons (Fsp3) is 0.515. The lowest BCUT2D eigenvalue weighted by Gasteiger charge is -2.32. The highest BCUT2D eigenvalue weighted by Crippen LogP contribution is 2.53. The molecule has 190 valence electrons. The van der Waals surface area contributed by atoms with Crippen LogP contribution in [0, 0.1) is 6.92 Å². The summed E-state index contributed by atoms with van der Waals surface area (Å²) in [5, 5.41) is 21.7. The first kappa shape index (κ1) is 27.3. The van der Waals surface area contributed by atoms with Crippen molar-refractivity contribution in [1.82, 2.24) is 0 Å². The second-order valence-corrected chi connectivity index (χ2v) is 10.3. The van der Waals surface area contributed by atoms with Gasteiger partial charge in [0.15, 0.2) is 0 Å². The summed E-state index contributed by atoms with van der Waals surface area (Å²) in [6.45, 7) is 10.1. The molecule has 2 aromatic rings. The highest BCUT2D eigenvalue weighted by molar-refractivity contribution is 5.83. The third kappa shape index (κ3) is 6.47. The molecule has 3 aliphatic carbocycles. The Balaban J connectivity index is 0.000000369. The van der Waals surface area contributed by atoms with Gasteiger partial charge in [-0.2, -0.15) is 0 Å². The van der Waals surface area contributed by atoms with Crippen molar-refractivity contribution < 1.29 is 10.2 Å². The first-order valence-corrected chi connectivity index (χ1v) is 14.0. The quantitative estimate of drug-likeness (QED) is 0.466. The van der Waals surface area contributed by atoms with E-state index in [1.54, 1.807) is 0 Å². The molecule has 0 heterocycles. The van der Waals surface area contributed by atoms with Crippen LogP contribution in [0.15, 0.2) is 59.7 Å². The monoisotopic (exact) mass is 474 g/mol. The molecule has 0 radical (unpaired) electrons. The van der Waals surface area contributed by atoms with Crippen LogP contribution in [0.2, 0.25) is 0 Å². The molecule has 0 saturated heterocycles. The fourth-order valence-corrected chi connectivity index (χ4v) is 5.71. The second-order valence-electron chi connectivity index (χ2n) is 10.3. The first-order valence-electron chi connectivity index (χ1n) is 14.0. The van der Waals surface area contributed by atoms with E-state index < -0.39 is 5.60 Å². The van der Waals surface area contributed by atoms with E-state index in [-0.39, 0.29) is 5.92 Å². The van der Waals surface area contributed by atoms with E-state index in [4.69, 9.17) is 0 Å². The number of hydrogen-bond donors (Lipinski definition) is 2. The van der Waals surface area contributed by atoms with Crippen molar-refractivity contribution in [1.29, 1.82) is 0 Å². The molecular formula is C33H46O2. The van der Waals surface area contributed by atoms with Gasteiger partial charge >= 0.3 is 0 Å². The molecule has 1 saturated carbocycles. The van der Waals surface area contributed by atoms with Gasteiger partial charge in [0.1, 0.15) is 5.75 Å². The van der Waals surface area contributed by atoms with Crippen LogP contribution in [-0.4, -0.2) is 15.8 Å². The molecule has 0 bridgehead atoms. The smallest absolute Gasteiger partial charge is 0.119 e. The summed E-state index contributed by atoms with van der Waals surface area (Å²) in [7, 11) is 0. The van der Waals surface area contributed by atoms with Crippen molar-refractivity contribution in [3.8, 4) is 5.75 Å². The van der Waals surface area contributed by atoms with Crippen LogP contribution in [0.25, 0.3) is 5.57 Å². The van der Waals surface area contributed by atoms with Crippen LogP contribution in [0.4, 0.5) is 0 Å². The molecule has 0 spiro atoms. The Morgan fingerprint density at radius 1 is 0.886 bits per heavy atom. The normalized spacial score (nSPS) is 23.4. The van der Waals surface area contributed by atoms with Crippen molar-refractivity contribution in [2.75, 3.05) is 0 Å². The van der Waals surface area contributed by atoms with Crippen molar-refractivity contribution in [2.24, 2.45) is 0 Å². The molecule has 0 aromatic heterocycles. The zero-order valence-corrected chi connectivity index (χ0v) is 22.7. The number of aliphatic hydroxyl groups is 1. The van der Waals surface area contributed by atoms with E-state index in [0.717, 1.165) is 42.4 Å². The maximum absolute atomic E-state index is 11.0. The predicted octanol–water partition coefficient (Wildman–Crippen LogP) is 9.04. The third-order valence-electron chi connectivity index (χ3n) is 7.69. The highest BCUT2D eigenvalue weighted by atomic mass is 16.3. The van der Waals surface area contributed by atoms with Crippen LogP contribution in [-0.2, 0) is 6.42 Å². The van der Waals surface area contributed by atoms with Gasteiger partial charge in [0, 0.05) is 11.5 Å². The summed E-state index contributed by atoms with van der Waals surface area (Å²) < 4.78 is 0. The van der Waals surface area contributed by atoms with Gasteiger partial charge in [0.25, 0.3) is 0 Å². The minimum Gasteiger partial charge on any atom is -0.508 e. The molecule has 2 nitrogen and oxygen atoms in total. The number of hydrogen-bond acceptors (Lipinski definition) is 2. The molecule has 3 aliphatic rings. The molecule has 2 N–H and O–H groups in total. The van der Waals surface area contributed by atoms with Crippen LogP contribution in [0.1, 0.15) is 114 Å². The highest BCUT2D eigenvalue weighted by Gasteiger charge is 2.40. The van der Waals surface area contributed by atoms with Gasteiger partial charge in [-0.05, 0) is 73.4 Å². The van der Waals surface area contributed by atoms with Gasteiger partial charge in [0.05, 0.1) is 5.60 Å². The van der Waals surface area contributed by atoms with Crippen molar-refractivity contribution in [2.45, 2.75) is 110 Å². The Hall–Kier alpha value is -2.32. The maximum atomic E-state index is 11.0. The summed E-state index contributed by atoms with van der Waals surface area (Å²) >= 11 is 0. The van der Waals surface area contributed by atoms with E-state index in [1.807, 2.05) is 39.8 Å². The number of allylic oxidation sites excluding steroid dienone is 2. The lowest BCUT2D eigenvalue weighted by atomic mass is 9.76. The van der Waals surface area contributed by atoms with Gasteiger partial charge < -0.3 is 10.2 Å². The van der Waals surface area contributed by atoms with Crippen LogP contribution >= 0.6 is 0 Å². The van der Waals surface area contributed by atoms with E-state index in [1.165, 1.54) is 60.8 Å². The number of aryl methyl sites for hydroxylation is 2. The van der Waals surface area contributed by atoms with E-state index in [2.05, 4.69) is 43.3 Å². The number of phenols is 1. The molecule has 0 aliphatic heterocycles. The number of benzene rings is 2. The fourth-order valence-electron chi connectivity index (χ4n) is 5.71. The molecule has 2 unspecified atom stereocenters. The standard InChI is InChI=1S/C25H28O2.C6H12.C2H6/c1-4-17-8-10-18(11-9-17)21-15-22-19(6-5-13-25(22,3)27)24(21)20-12-7-16(2)14-23(20)26;1-2-4-6-5-3-1;1-2/h7-12,14-15,24,26-27H,4-6,13H2,1-3H3;1-6H2;1-2H3. The van der Waals surface area contributed by atoms with Crippen LogP contribution in [0.5, 0.6) is 5.75 Å². The van der Waals surface area contributed by atoms with Gasteiger partial charge in [0.2, 0.25) is 0 Å². The molecule has 2 aromatic carbocycles. The third-order valence-corrected chi connectivity index (χ3v) is 7.69. The number of aromatic hydroxyl groups is 1. The SMILES string of the molecule is C1CCCCC1.CC.CCc1ccc(C2=CC3=C(CCCC3(C)O)C2c2ccc(C)cc2O)cc1. The first-order chi connectivity index (χ1) is 16.9. The summed E-state index contributed by atoms with van der Waals surface area (Å²) in [6.07, 6.45) is 14.9. The summed E-state index contributed by atoms with van der Waals surface area (Å²) in [6, 6.07) is 14.7. The zero-order chi connectivity index (χ0) is 25.4. The van der Waals surface area contributed by atoms with Gasteiger partial charge in [-0.15, -0.1) is 0 Å². The average molecular weight is 475 g/mol. The van der Waals surface area contributed by atoms with E-state index in [9.17, 15) is 10.2 Å². The van der Waals surface area contributed by atoms with Crippen molar-refractivity contribution >= 4 is 5.57 Å². The molecule has 2 atom stereocenters. The van der Waals surface area contributed by atoms with E-state index >= 15 is 0 Å². The largest absolute Gasteiger partial charge is 0.508 e. The van der Waals surface area contributed by atoms with E-state index in [0.29, 0.717) is 5.75 Å². The molecule has 1 fully saturated rings. The molecule has 35 heavy (non-hydrogen) atoms. The van der Waals surface area contributed by atoms with Gasteiger partial charge in [-0.25, -0.2) is 0 Å².